The SMILES string of the molecule is CCOC(=O)C=C1N(C)c2ccccc2C1(C)C. The monoisotopic (exact) mass is 245 g/mol. The van der Waals surface area contributed by atoms with Crippen LogP contribution in [0.2, 0.25) is 0 Å². The van der Waals surface area contributed by atoms with E-state index in [2.05, 4.69) is 30.9 Å². The minimum atomic E-state index is -0.278. The number of likely N-dealkylation sites (N-methyl/N-ethyl adjacent to an activating group) is 1. The van der Waals surface area contributed by atoms with E-state index < -0.39 is 0 Å². The predicted molar refractivity (Wildman–Crippen MR) is 72.6 cm³/mol. The van der Waals surface area contributed by atoms with Crippen LogP contribution in [0, 0.1) is 0 Å². The van der Waals surface area contributed by atoms with Gasteiger partial charge in [-0.3, -0.25) is 0 Å². The summed E-state index contributed by atoms with van der Waals surface area (Å²) in [5.74, 6) is -0.278. The van der Waals surface area contributed by atoms with Crippen molar-refractivity contribution in [1.82, 2.24) is 0 Å². The van der Waals surface area contributed by atoms with E-state index in [-0.39, 0.29) is 11.4 Å². The molecule has 0 unspecified atom stereocenters. The molecule has 0 saturated carbocycles. The fourth-order valence-corrected chi connectivity index (χ4v) is 2.55. The van der Waals surface area contributed by atoms with E-state index >= 15 is 0 Å². The highest BCUT2D eigenvalue weighted by Gasteiger charge is 2.38. The molecule has 18 heavy (non-hydrogen) atoms. The summed E-state index contributed by atoms with van der Waals surface area (Å²) in [5, 5.41) is 0. The molecule has 1 aliphatic rings. The van der Waals surface area contributed by atoms with Crippen molar-refractivity contribution in [2.75, 3.05) is 18.6 Å². The van der Waals surface area contributed by atoms with E-state index in [0.29, 0.717) is 6.61 Å². The lowest BCUT2D eigenvalue weighted by Crippen LogP contribution is -2.24. The Kier molecular flexibility index (Phi) is 3.16. The van der Waals surface area contributed by atoms with Crippen molar-refractivity contribution in [2.24, 2.45) is 0 Å². The molecule has 0 N–H and O–H groups in total. The van der Waals surface area contributed by atoms with Crippen LogP contribution in [0.15, 0.2) is 36.0 Å². The molecule has 0 aliphatic carbocycles. The second-order valence-corrected chi connectivity index (χ2v) is 4.98. The number of esters is 1. The van der Waals surface area contributed by atoms with Gasteiger partial charge in [0.05, 0.1) is 6.61 Å². The van der Waals surface area contributed by atoms with Crippen molar-refractivity contribution in [3.8, 4) is 0 Å². The number of carbonyl (C=O) groups is 1. The van der Waals surface area contributed by atoms with Gasteiger partial charge in [0.1, 0.15) is 0 Å². The molecule has 1 aliphatic heterocycles. The molecule has 3 nitrogen and oxygen atoms in total. The zero-order chi connectivity index (χ0) is 13.3. The zero-order valence-corrected chi connectivity index (χ0v) is 11.4. The van der Waals surface area contributed by atoms with E-state index in [1.165, 1.54) is 5.56 Å². The highest BCUT2D eigenvalue weighted by atomic mass is 16.5. The van der Waals surface area contributed by atoms with E-state index in [1.54, 1.807) is 6.08 Å². The number of anilines is 1. The Morgan fingerprint density at radius 1 is 1.39 bits per heavy atom. The third-order valence-corrected chi connectivity index (χ3v) is 3.48. The number of hydrogen-bond acceptors (Lipinski definition) is 3. The number of carbonyl (C=O) groups excluding carboxylic acids is 1. The summed E-state index contributed by atoms with van der Waals surface area (Å²) in [4.78, 5) is 13.7. The van der Waals surface area contributed by atoms with Crippen molar-refractivity contribution in [1.29, 1.82) is 0 Å². The van der Waals surface area contributed by atoms with Crippen LogP contribution in [0.3, 0.4) is 0 Å². The van der Waals surface area contributed by atoms with E-state index in [0.717, 1.165) is 11.4 Å². The minimum absolute atomic E-state index is 0.169. The van der Waals surface area contributed by atoms with Crippen LogP contribution < -0.4 is 4.90 Å². The largest absolute Gasteiger partial charge is 0.463 e. The second kappa shape index (κ2) is 4.48. The maximum Gasteiger partial charge on any atom is 0.332 e. The number of hydrogen-bond donors (Lipinski definition) is 0. The lowest BCUT2D eigenvalue weighted by molar-refractivity contribution is -0.137. The van der Waals surface area contributed by atoms with Crippen LogP contribution in [-0.2, 0) is 14.9 Å². The normalized spacial score (nSPS) is 18.9. The quantitative estimate of drug-likeness (QED) is 0.592. The Hall–Kier alpha value is -1.77. The van der Waals surface area contributed by atoms with Gasteiger partial charge >= 0.3 is 5.97 Å². The molecule has 0 amide bonds. The van der Waals surface area contributed by atoms with Gasteiger partial charge in [0.25, 0.3) is 0 Å². The number of ether oxygens (including phenoxy) is 1. The highest BCUT2D eigenvalue weighted by Crippen LogP contribution is 2.46. The Morgan fingerprint density at radius 2 is 2.06 bits per heavy atom. The van der Waals surface area contributed by atoms with Gasteiger partial charge in [-0.15, -0.1) is 0 Å². The molecular weight excluding hydrogens is 226 g/mol. The number of para-hydroxylation sites is 1. The number of allylic oxidation sites excluding steroid dienone is 1. The van der Waals surface area contributed by atoms with Crippen LogP contribution >= 0.6 is 0 Å². The van der Waals surface area contributed by atoms with Crippen molar-refractivity contribution < 1.29 is 9.53 Å². The number of benzene rings is 1. The summed E-state index contributed by atoms with van der Waals surface area (Å²) in [5.41, 5.74) is 3.20. The van der Waals surface area contributed by atoms with Gasteiger partial charge in [0, 0.05) is 29.9 Å². The second-order valence-electron chi connectivity index (χ2n) is 4.98. The summed E-state index contributed by atoms with van der Waals surface area (Å²) in [6, 6.07) is 8.22. The molecule has 1 aromatic carbocycles. The van der Waals surface area contributed by atoms with Gasteiger partial charge in [-0.25, -0.2) is 4.79 Å². The van der Waals surface area contributed by atoms with Gasteiger partial charge in [0.15, 0.2) is 0 Å². The minimum Gasteiger partial charge on any atom is -0.463 e. The Morgan fingerprint density at radius 3 is 2.67 bits per heavy atom. The number of rotatable bonds is 2. The molecule has 0 spiro atoms. The standard InChI is InChI=1S/C15H19NO2/c1-5-18-14(17)10-13-15(2,3)11-8-6-7-9-12(11)16(13)4/h6-10H,5H2,1-4H3. The first-order chi connectivity index (χ1) is 8.48. The van der Waals surface area contributed by atoms with Gasteiger partial charge in [0.2, 0.25) is 0 Å². The number of fused-ring (bicyclic) bond motifs is 1. The summed E-state index contributed by atoms with van der Waals surface area (Å²) in [7, 11) is 1.98. The van der Waals surface area contributed by atoms with E-state index in [9.17, 15) is 4.79 Å². The third-order valence-electron chi connectivity index (χ3n) is 3.48. The van der Waals surface area contributed by atoms with Gasteiger partial charge in [-0.1, -0.05) is 32.0 Å². The Balaban J connectivity index is 2.44. The average molecular weight is 245 g/mol. The molecular formula is C15H19NO2. The van der Waals surface area contributed by atoms with Crippen LogP contribution in [0.1, 0.15) is 26.3 Å². The molecule has 3 heteroatoms. The fraction of sp³-hybridized carbons (Fsp3) is 0.400. The Bertz CT molecular complexity index is 503. The van der Waals surface area contributed by atoms with Crippen LogP contribution in [0.25, 0.3) is 0 Å². The lowest BCUT2D eigenvalue weighted by atomic mass is 9.84. The van der Waals surface area contributed by atoms with Gasteiger partial charge < -0.3 is 9.64 Å². The Labute approximate surface area is 108 Å². The molecule has 96 valence electrons. The summed E-state index contributed by atoms with van der Waals surface area (Å²) >= 11 is 0. The van der Waals surface area contributed by atoms with Crippen molar-refractivity contribution >= 4 is 11.7 Å². The van der Waals surface area contributed by atoms with Crippen LogP contribution in [0.4, 0.5) is 5.69 Å². The molecule has 0 atom stereocenters. The zero-order valence-electron chi connectivity index (χ0n) is 11.4. The lowest BCUT2D eigenvalue weighted by Gasteiger charge is -2.23. The molecule has 0 saturated heterocycles. The van der Waals surface area contributed by atoms with Gasteiger partial charge in [-0.2, -0.15) is 0 Å². The number of nitrogens with zero attached hydrogens (tertiary/aromatic N) is 1. The first-order valence-corrected chi connectivity index (χ1v) is 6.20. The smallest absolute Gasteiger partial charge is 0.332 e. The van der Waals surface area contributed by atoms with Crippen molar-refractivity contribution in [3.05, 3.63) is 41.6 Å². The van der Waals surface area contributed by atoms with Crippen LogP contribution in [-0.4, -0.2) is 19.6 Å². The molecule has 0 radical (unpaired) electrons. The average Bonchev–Trinajstić information content (AvgIpc) is 2.52. The fourth-order valence-electron chi connectivity index (χ4n) is 2.55. The predicted octanol–water partition coefficient (Wildman–Crippen LogP) is 2.86. The molecule has 1 heterocycles. The van der Waals surface area contributed by atoms with E-state index in [4.69, 9.17) is 4.74 Å². The first kappa shape index (κ1) is 12.7. The summed E-state index contributed by atoms with van der Waals surface area (Å²) in [6.45, 7) is 6.47. The summed E-state index contributed by atoms with van der Waals surface area (Å²) in [6.07, 6.45) is 1.60. The molecule has 1 aromatic rings. The maximum absolute atomic E-state index is 11.7. The topological polar surface area (TPSA) is 29.5 Å². The van der Waals surface area contributed by atoms with E-state index in [1.807, 2.05) is 26.1 Å². The van der Waals surface area contributed by atoms with Crippen LogP contribution in [0.5, 0.6) is 0 Å². The molecule has 0 bridgehead atoms. The third kappa shape index (κ3) is 1.90. The molecule has 2 rings (SSSR count). The molecule has 0 fully saturated rings. The van der Waals surface area contributed by atoms with Gasteiger partial charge in [-0.05, 0) is 18.6 Å². The first-order valence-electron chi connectivity index (χ1n) is 6.20. The maximum atomic E-state index is 11.7. The molecule has 0 aromatic heterocycles. The highest BCUT2D eigenvalue weighted by molar-refractivity contribution is 5.86. The van der Waals surface area contributed by atoms with Crippen molar-refractivity contribution in [2.45, 2.75) is 26.2 Å². The summed E-state index contributed by atoms with van der Waals surface area (Å²) < 4.78 is 5.00. The van der Waals surface area contributed by atoms with Crippen molar-refractivity contribution in [3.63, 3.8) is 0 Å².